The van der Waals surface area contributed by atoms with Crippen LogP contribution in [-0.4, -0.2) is 10.8 Å². The maximum Gasteiger partial charge on any atom is 0.161 e. The number of hydrogen-bond donors (Lipinski definition) is 2. The van der Waals surface area contributed by atoms with Gasteiger partial charge >= 0.3 is 0 Å². The van der Waals surface area contributed by atoms with Gasteiger partial charge in [0, 0.05) is 22.8 Å². The SMILES string of the molecule is CC(=O)c1ccc(N)c2cc[nH]c12. The number of carbonyl (C=O) groups excluding carboxylic acids is 1. The predicted octanol–water partition coefficient (Wildman–Crippen LogP) is 1.95. The largest absolute Gasteiger partial charge is 0.398 e. The van der Waals surface area contributed by atoms with Crippen molar-refractivity contribution in [3.63, 3.8) is 0 Å². The Labute approximate surface area is 75.6 Å². The molecule has 0 spiro atoms. The molecule has 0 saturated carbocycles. The smallest absolute Gasteiger partial charge is 0.161 e. The van der Waals surface area contributed by atoms with Gasteiger partial charge in [0.15, 0.2) is 5.78 Å². The Morgan fingerprint density at radius 1 is 1.38 bits per heavy atom. The lowest BCUT2D eigenvalue weighted by Gasteiger charge is -2.00. The summed E-state index contributed by atoms with van der Waals surface area (Å²) < 4.78 is 0. The predicted molar refractivity (Wildman–Crippen MR) is 52.7 cm³/mol. The van der Waals surface area contributed by atoms with E-state index in [-0.39, 0.29) is 5.78 Å². The standard InChI is InChI=1S/C10H10N2O/c1-6(13)7-2-3-9(11)8-4-5-12-10(7)8/h2-5,12H,11H2,1H3. The number of rotatable bonds is 1. The highest BCUT2D eigenvalue weighted by molar-refractivity contribution is 6.08. The second-order valence-electron chi connectivity index (χ2n) is 3.02. The van der Waals surface area contributed by atoms with Crippen molar-refractivity contribution in [1.29, 1.82) is 0 Å². The lowest BCUT2D eigenvalue weighted by atomic mass is 10.1. The number of nitrogens with two attached hydrogens (primary N) is 1. The van der Waals surface area contributed by atoms with Gasteiger partial charge in [-0.05, 0) is 25.1 Å². The first-order chi connectivity index (χ1) is 6.20. The zero-order valence-corrected chi connectivity index (χ0v) is 7.29. The lowest BCUT2D eigenvalue weighted by Crippen LogP contribution is -1.95. The van der Waals surface area contributed by atoms with E-state index in [1.807, 2.05) is 6.07 Å². The van der Waals surface area contributed by atoms with Crippen molar-refractivity contribution in [2.45, 2.75) is 6.92 Å². The lowest BCUT2D eigenvalue weighted by molar-refractivity contribution is 0.101. The Morgan fingerprint density at radius 2 is 2.15 bits per heavy atom. The zero-order valence-electron chi connectivity index (χ0n) is 7.29. The summed E-state index contributed by atoms with van der Waals surface area (Å²) in [5.74, 6) is 0.0486. The van der Waals surface area contributed by atoms with Crippen LogP contribution in [-0.2, 0) is 0 Å². The normalized spacial score (nSPS) is 10.5. The number of H-pyrrole nitrogens is 1. The molecule has 0 radical (unpaired) electrons. The zero-order chi connectivity index (χ0) is 9.42. The molecule has 66 valence electrons. The van der Waals surface area contributed by atoms with Gasteiger partial charge in [0.25, 0.3) is 0 Å². The van der Waals surface area contributed by atoms with Crippen LogP contribution in [0.1, 0.15) is 17.3 Å². The fourth-order valence-corrected chi connectivity index (χ4v) is 1.47. The van der Waals surface area contributed by atoms with E-state index in [1.54, 1.807) is 25.3 Å². The molecule has 0 aliphatic heterocycles. The number of nitrogen functional groups attached to an aromatic ring is 1. The molecule has 2 rings (SSSR count). The molecule has 13 heavy (non-hydrogen) atoms. The van der Waals surface area contributed by atoms with Gasteiger partial charge in [-0.25, -0.2) is 0 Å². The van der Waals surface area contributed by atoms with Gasteiger partial charge in [-0.3, -0.25) is 4.79 Å². The van der Waals surface area contributed by atoms with E-state index >= 15 is 0 Å². The van der Waals surface area contributed by atoms with E-state index < -0.39 is 0 Å². The number of Topliss-reactive ketones (excluding diaryl/α,β-unsaturated/α-hetero) is 1. The van der Waals surface area contributed by atoms with E-state index in [9.17, 15) is 4.79 Å². The topological polar surface area (TPSA) is 58.9 Å². The molecule has 3 heteroatoms. The Morgan fingerprint density at radius 3 is 2.85 bits per heavy atom. The fourth-order valence-electron chi connectivity index (χ4n) is 1.47. The monoisotopic (exact) mass is 174 g/mol. The van der Waals surface area contributed by atoms with Crippen LogP contribution in [0, 0.1) is 0 Å². The van der Waals surface area contributed by atoms with Gasteiger partial charge < -0.3 is 10.7 Å². The first kappa shape index (κ1) is 7.86. The minimum absolute atomic E-state index is 0.0486. The van der Waals surface area contributed by atoms with Gasteiger partial charge in [-0.15, -0.1) is 0 Å². The van der Waals surface area contributed by atoms with Gasteiger partial charge in [0.05, 0.1) is 5.52 Å². The van der Waals surface area contributed by atoms with Crippen LogP contribution in [0.5, 0.6) is 0 Å². The number of hydrogen-bond acceptors (Lipinski definition) is 2. The average molecular weight is 174 g/mol. The van der Waals surface area contributed by atoms with Crippen molar-refractivity contribution in [1.82, 2.24) is 4.98 Å². The molecule has 0 unspecified atom stereocenters. The molecule has 0 bridgehead atoms. The summed E-state index contributed by atoms with van der Waals surface area (Å²) in [6.45, 7) is 1.55. The van der Waals surface area contributed by atoms with Crippen LogP contribution in [0.25, 0.3) is 10.9 Å². The molecule has 0 atom stereocenters. The summed E-state index contributed by atoms with van der Waals surface area (Å²) in [6, 6.07) is 5.38. The van der Waals surface area contributed by atoms with E-state index in [0.29, 0.717) is 11.3 Å². The quantitative estimate of drug-likeness (QED) is 0.512. The molecule has 1 heterocycles. The van der Waals surface area contributed by atoms with Crippen molar-refractivity contribution in [2.75, 3.05) is 5.73 Å². The molecule has 0 saturated heterocycles. The molecule has 1 aromatic heterocycles. The highest BCUT2D eigenvalue weighted by Gasteiger charge is 2.07. The number of ketones is 1. The number of carbonyl (C=O) groups is 1. The third kappa shape index (κ3) is 1.09. The van der Waals surface area contributed by atoms with Crippen LogP contribution < -0.4 is 5.73 Å². The van der Waals surface area contributed by atoms with Crippen molar-refractivity contribution in [3.05, 3.63) is 30.0 Å². The van der Waals surface area contributed by atoms with Crippen molar-refractivity contribution < 1.29 is 4.79 Å². The van der Waals surface area contributed by atoms with Gasteiger partial charge in [-0.2, -0.15) is 0 Å². The van der Waals surface area contributed by atoms with E-state index in [1.165, 1.54) is 0 Å². The maximum absolute atomic E-state index is 11.2. The molecule has 0 aliphatic carbocycles. The summed E-state index contributed by atoms with van der Waals surface area (Å²) in [6.07, 6.45) is 1.79. The molecule has 3 nitrogen and oxygen atoms in total. The average Bonchev–Trinajstić information content (AvgIpc) is 2.53. The molecule has 0 fully saturated rings. The third-order valence-corrected chi connectivity index (χ3v) is 2.14. The Balaban J connectivity index is 2.86. The Bertz CT molecular complexity index is 471. The Hall–Kier alpha value is -1.77. The summed E-state index contributed by atoms with van der Waals surface area (Å²) >= 11 is 0. The van der Waals surface area contributed by atoms with Gasteiger partial charge in [0.2, 0.25) is 0 Å². The summed E-state index contributed by atoms with van der Waals surface area (Å²) in [5, 5.41) is 0.910. The first-order valence-corrected chi connectivity index (χ1v) is 4.06. The van der Waals surface area contributed by atoms with Crippen LogP contribution in [0.3, 0.4) is 0 Å². The van der Waals surface area contributed by atoms with Crippen LogP contribution in [0.2, 0.25) is 0 Å². The highest BCUT2D eigenvalue weighted by Crippen LogP contribution is 2.23. The van der Waals surface area contributed by atoms with Gasteiger partial charge in [-0.1, -0.05) is 0 Å². The molecular weight excluding hydrogens is 164 g/mol. The van der Waals surface area contributed by atoms with Crippen molar-refractivity contribution in [2.24, 2.45) is 0 Å². The second kappa shape index (κ2) is 2.62. The maximum atomic E-state index is 11.2. The number of nitrogens with one attached hydrogen (secondary N) is 1. The molecule has 0 aliphatic rings. The van der Waals surface area contributed by atoms with Gasteiger partial charge in [0.1, 0.15) is 0 Å². The highest BCUT2D eigenvalue weighted by atomic mass is 16.1. The number of aromatic nitrogens is 1. The molecule has 1 aromatic carbocycles. The molecular formula is C10H10N2O. The summed E-state index contributed by atoms with van der Waals surface area (Å²) in [4.78, 5) is 14.2. The number of fused-ring (bicyclic) bond motifs is 1. The molecule has 2 aromatic rings. The fraction of sp³-hybridized carbons (Fsp3) is 0.100. The molecule has 0 amide bonds. The van der Waals surface area contributed by atoms with Crippen LogP contribution in [0.4, 0.5) is 5.69 Å². The number of aromatic amines is 1. The van der Waals surface area contributed by atoms with E-state index in [2.05, 4.69) is 4.98 Å². The minimum atomic E-state index is 0.0486. The summed E-state index contributed by atoms with van der Waals surface area (Å²) in [7, 11) is 0. The van der Waals surface area contributed by atoms with Crippen molar-refractivity contribution >= 4 is 22.4 Å². The molecule has 3 N–H and O–H groups in total. The van der Waals surface area contributed by atoms with E-state index in [4.69, 9.17) is 5.73 Å². The number of benzene rings is 1. The van der Waals surface area contributed by atoms with Crippen molar-refractivity contribution in [3.8, 4) is 0 Å². The first-order valence-electron chi connectivity index (χ1n) is 4.06. The van der Waals surface area contributed by atoms with Crippen LogP contribution >= 0.6 is 0 Å². The minimum Gasteiger partial charge on any atom is -0.398 e. The Kier molecular flexibility index (Phi) is 1.59. The van der Waals surface area contributed by atoms with Crippen LogP contribution in [0.15, 0.2) is 24.4 Å². The summed E-state index contributed by atoms with van der Waals surface area (Å²) in [5.41, 5.74) is 7.95. The number of anilines is 1. The van der Waals surface area contributed by atoms with E-state index in [0.717, 1.165) is 10.9 Å². The second-order valence-corrected chi connectivity index (χ2v) is 3.02. The third-order valence-electron chi connectivity index (χ3n) is 2.14.